The summed E-state index contributed by atoms with van der Waals surface area (Å²) in [5.41, 5.74) is 2.72. The van der Waals surface area contributed by atoms with Gasteiger partial charge in [-0.25, -0.2) is 0 Å². The van der Waals surface area contributed by atoms with Crippen molar-refractivity contribution in [1.29, 1.82) is 0 Å². The van der Waals surface area contributed by atoms with E-state index in [0.29, 0.717) is 47.6 Å². The first-order valence-electron chi connectivity index (χ1n) is 12.8. The number of carbonyl (C=O) groups is 2. The molecule has 0 aliphatic carbocycles. The summed E-state index contributed by atoms with van der Waals surface area (Å²) >= 11 is 12.4. The Morgan fingerprint density at radius 3 is 2.29 bits per heavy atom. The van der Waals surface area contributed by atoms with Gasteiger partial charge in [0.15, 0.2) is 11.5 Å². The molecule has 3 aromatic carbocycles. The van der Waals surface area contributed by atoms with E-state index in [-0.39, 0.29) is 30.8 Å². The maximum Gasteiger partial charge on any atom is 0.243 e. The van der Waals surface area contributed by atoms with Crippen LogP contribution in [0.3, 0.4) is 0 Å². The number of benzene rings is 3. The van der Waals surface area contributed by atoms with Crippen LogP contribution in [-0.2, 0) is 29.0 Å². The van der Waals surface area contributed by atoms with Crippen molar-refractivity contribution >= 4 is 35.0 Å². The van der Waals surface area contributed by atoms with Crippen LogP contribution in [0.15, 0.2) is 66.7 Å². The second kappa shape index (κ2) is 13.0. The summed E-state index contributed by atoms with van der Waals surface area (Å²) in [4.78, 5) is 28.9. The van der Waals surface area contributed by atoms with Gasteiger partial charge in [0, 0.05) is 25.4 Å². The molecule has 0 radical (unpaired) electrons. The summed E-state index contributed by atoms with van der Waals surface area (Å²) in [7, 11) is 0. The van der Waals surface area contributed by atoms with E-state index in [9.17, 15) is 9.59 Å². The maximum atomic E-state index is 13.8. The van der Waals surface area contributed by atoms with Gasteiger partial charge in [0.1, 0.15) is 19.3 Å². The molecule has 4 rings (SSSR count). The number of hydrogen-bond donors (Lipinski definition) is 1. The second-order valence-electron chi connectivity index (χ2n) is 9.62. The molecule has 0 bridgehead atoms. The zero-order valence-electron chi connectivity index (χ0n) is 21.6. The van der Waals surface area contributed by atoms with E-state index in [2.05, 4.69) is 5.32 Å². The van der Waals surface area contributed by atoms with E-state index >= 15 is 0 Å². The molecule has 0 aromatic heterocycles. The number of carbonyl (C=O) groups excluding carboxylic acids is 2. The molecular formula is C30H32Cl2N2O4. The maximum absolute atomic E-state index is 13.8. The number of fused-ring (bicyclic) bond motifs is 1. The summed E-state index contributed by atoms with van der Waals surface area (Å²) in [6, 6.07) is 19.9. The molecule has 6 nitrogen and oxygen atoms in total. The summed E-state index contributed by atoms with van der Waals surface area (Å²) in [5, 5.41) is 3.84. The normalized spacial score (nSPS) is 13.2. The van der Waals surface area contributed by atoms with Gasteiger partial charge < -0.3 is 19.7 Å². The molecule has 1 heterocycles. The average Bonchev–Trinajstić information content (AvgIpc) is 2.91. The van der Waals surface area contributed by atoms with Gasteiger partial charge in [-0.15, -0.1) is 0 Å². The molecule has 3 aromatic rings. The number of nitrogens with one attached hydrogen (secondary N) is 1. The Labute approximate surface area is 233 Å². The van der Waals surface area contributed by atoms with Crippen molar-refractivity contribution in [3.05, 3.63) is 93.5 Å². The predicted molar refractivity (Wildman–Crippen MR) is 150 cm³/mol. The summed E-state index contributed by atoms with van der Waals surface area (Å²) < 4.78 is 11.3. The highest BCUT2D eigenvalue weighted by Gasteiger charge is 2.30. The molecule has 38 heavy (non-hydrogen) atoms. The minimum absolute atomic E-state index is 0.0691. The highest BCUT2D eigenvalue weighted by atomic mass is 35.5. The first kappa shape index (κ1) is 27.8. The molecule has 0 unspecified atom stereocenters. The fourth-order valence-corrected chi connectivity index (χ4v) is 4.73. The van der Waals surface area contributed by atoms with E-state index in [1.807, 2.05) is 68.4 Å². The number of aryl methyl sites for hydroxylation is 1. The largest absolute Gasteiger partial charge is 0.486 e. The standard InChI is InChI=1S/C30H32Cl2N2O4/c1-20(2)33-30(36)26(17-21-6-4-3-5-7-21)34(19-23-8-11-24(31)25(32)16-23)29(35)13-10-22-9-12-27-28(18-22)38-15-14-37-27/h3-9,11-12,16,18,20,26H,10,13-15,17,19H2,1-2H3,(H,33,36)/t26-/m1/s1. The van der Waals surface area contributed by atoms with Crippen molar-refractivity contribution in [2.24, 2.45) is 0 Å². The lowest BCUT2D eigenvalue weighted by molar-refractivity contribution is -0.141. The Morgan fingerprint density at radius 1 is 0.868 bits per heavy atom. The third-order valence-corrected chi connectivity index (χ3v) is 7.01. The van der Waals surface area contributed by atoms with Gasteiger partial charge in [0.25, 0.3) is 0 Å². The van der Waals surface area contributed by atoms with Gasteiger partial charge in [0.2, 0.25) is 11.8 Å². The van der Waals surface area contributed by atoms with E-state index in [1.165, 1.54) is 0 Å². The van der Waals surface area contributed by atoms with Gasteiger partial charge in [-0.05, 0) is 61.2 Å². The van der Waals surface area contributed by atoms with E-state index < -0.39 is 6.04 Å². The number of halogens is 2. The topological polar surface area (TPSA) is 67.9 Å². The monoisotopic (exact) mass is 554 g/mol. The van der Waals surface area contributed by atoms with Gasteiger partial charge in [-0.3, -0.25) is 9.59 Å². The number of nitrogens with zero attached hydrogens (tertiary/aromatic N) is 1. The van der Waals surface area contributed by atoms with Gasteiger partial charge in [-0.2, -0.15) is 0 Å². The SMILES string of the molecule is CC(C)NC(=O)[C@@H](Cc1ccccc1)N(Cc1ccc(Cl)c(Cl)c1)C(=O)CCc1ccc2c(c1)OCCO2. The van der Waals surface area contributed by atoms with E-state index in [0.717, 1.165) is 16.7 Å². The number of rotatable bonds is 10. The van der Waals surface area contributed by atoms with Crippen molar-refractivity contribution in [3.63, 3.8) is 0 Å². The molecule has 1 atom stereocenters. The van der Waals surface area contributed by atoms with Crippen LogP contribution in [0.5, 0.6) is 11.5 Å². The van der Waals surface area contributed by atoms with Crippen LogP contribution in [0, 0.1) is 0 Å². The molecule has 0 fully saturated rings. The summed E-state index contributed by atoms with van der Waals surface area (Å²) in [6.07, 6.45) is 1.11. The number of amides is 2. The lowest BCUT2D eigenvalue weighted by Crippen LogP contribution is -2.51. The van der Waals surface area contributed by atoms with E-state index in [1.54, 1.807) is 17.0 Å². The molecule has 1 aliphatic heterocycles. The Bertz CT molecular complexity index is 1270. The molecule has 0 saturated carbocycles. The lowest BCUT2D eigenvalue weighted by Gasteiger charge is -2.32. The molecule has 1 aliphatic rings. The van der Waals surface area contributed by atoms with Crippen LogP contribution < -0.4 is 14.8 Å². The molecule has 200 valence electrons. The van der Waals surface area contributed by atoms with E-state index in [4.69, 9.17) is 32.7 Å². The zero-order valence-corrected chi connectivity index (χ0v) is 23.1. The Morgan fingerprint density at radius 2 is 1.58 bits per heavy atom. The molecule has 8 heteroatoms. The average molecular weight is 556 g/mol. The number of ether oxygens (including phenoxy) is 2. The predicted octanol–water partition coefficient (Wildman–Crippen LogP) is 5.86. The molecule has 1 N–H and O–H groups in total. The van der Waals surface area contributed by atoms with Crippen LogP contribution in [0.25, 0.3) is 0 Å². The molecule has 0 spiro atoms. The quantitative estimate of drug-likeness (QED) is 0.340. The first-order chi connectivity index (χ1) is 18.3. The lowest BCUT2D eigenvalue weighted by atomic mass is 10.0. The van der Waals surface area contributed by atoms with Crippen molar-refractivity contribution in [3.8, 4) is 11.5 Å². The second-order valence-corrected chi connectivity index (χ2v) is 10.4. The fourth-order valence-electron chi connectivity index (χ4n) is 4.41. The molecule has 0 saturated heterocycles. The zero-order chi connectivity index (χ0) is 27.1. The minimum atomic E-state index is -0.706. The van der Waals surface area contributed by atoms with Crippen molar-refractivity contribution in [2.45, 2.75) is 51.7 Å². The Kier molecular flexibility index (Phi) is 9.53. The van der Waals surface area contributed by atoms with Gasteiger partial charge in [-0.1, -0.05) is 65.7 Å². The minimum Gasteiger partial charge on any atom is -0.486 e. The van der Waals surface area contributed by atoms with Gasteiger partial charge >= 0.3 is 0 Å². The van der Waals surface area contributed by atoms with Crippen LogP contribution >= 0.6 is 23.2 Å². The van der Waals surface area contributed by atoms with Gasteiger partial charge in [0.05, 0.1) is 10.0 Å². The van der Waals surface area contributed by atoms with Crippen LogP contribution in [0.2, 0.25) is 10.0 Å². The molecule has 2 amide bonds. The third-order valence-electron chi connectivity index (χ3n) is 6.27. The smallest absolute Gasteiger partial charge is 0.243 e. The van der Waals surface area contributed by atoms with Crippen molar-refractivity contribution in [1.82, 2.24) is 10.2 Å². The highest BCUT2D eigenvalue weighted by Crippen LogP contribution is 2.31. The van der Waals surface area contributed by atoms with Crippen molar-refractivity contribution < 1.29 is 19.1 Å². The van der Waals surface area contributed by atoms with Crippen LogP contribution in [0.4, 0.5) is 0 Å². The fraction of sp³-hybridized carbons (Fsp3) is 0.333. The molecular weight excluding hydrogens is 523 g/mol. The van der Waals surface area contributed by atoms with Crippen LogP contribution in [-0.4, -0.2) is 42.0 Å². The first-order valence-corrected chi connectivity index (χ1v) is 13.5. The third kappa shape index (κ3) is 7.42. The van der Waals surface area contributed by atoms with Crippen molar-refractivity contribution in [2.75, 3.05) is 13.2 Å². The summed E-state index contributed by atoms with van der Waals surface area (Å²) in [6.45, 7) is 5.06. The summed E-state index contributed by atoms with van der Waals surface area (Å²) in [5.74, 6) is 1.07. The Balaban J connectivity index is 1.61. The van der Waals surface area contributed by atoms with Crippen LogP contribution in [0.1, 0.15) is 37.0 Å². The number of hydrogen-bond acceptors (Lipinski definition) is 4. The highest BCUT2D eigenvalue weighted by molar-refractivity contribution is 6.42. The Hall–Kier alpha value is -3.22.